The van der Waals surface area contributed by atoms with E-state index in [9.17, 15) is 21.6 Å². The molecule has 1 aromatic rings. The molecule has 3 rings (SSSR count). The van der Waals surface area contributed by atoms with E-state index in [1.165, 1.54) is 4.31 Å². The molecule has 3 atom stereocenters. The predicted molar refractivity (Wildman–Crippen MR) is 88.5 cm³/mol. The Balaban J connectivity index is 1.76. The van der Waals surface area contributed by atoms with Crippen LogP contribution in [0.5, 0.6) is 0 Å². The lowest BCUT2D eigenvalue weighted by molar-refractivity contribution is -0.137. The Morgan fingerprint density at radius 3 is 2.32 bits per heavy atom. The van der Waals surface area contributed by atoms with Crippen LogP contribution in [-0.4, -0.2) is 37.9 Å². The number of sulfonamides is 1. The molecule has 2 fully saturated rings. The van der Waals surface area contributed by atoms with Crippen molar-refractivity contribution in [1.82, 2.24) is 9.62 Å². The van der Waals surface area contributed by atoms with Crippen LogP contribution in [0.1, 0.15) is 32.3 Å². The molecular weight excluding hydrogens is 353 g/mol. The maximum absolute atomic E-state index is 12.8. The van der Waals surface area contributed by atoms with E-state index in [1.807, 2.05) is 0 Å². The fraction of sp³-hybridized carbons (Fsp3) is 0.647. The molecule has 0 spiro atoms. The molecule has 1 saturated carbocycles. The number of nitrogens with one attached hydrogen (secondary N) is 1. The van der Waals surface area contributed by atoms with Crippen molar-refractivity contribution in [1.29, 1.82) is 0 Å². The monoisotopic (exact) mass is 376 g/mol. The van der Waals surface area contributed by atoms with Gasteiger partial charge in [0.05, 0.1) is 10.5 Å². The second-order valence-electron chi connectivity index (χ2n) is 7.27. The quantitative estimate of drug-likeness (QED) is 0.879. The predicted octanol–water partition coefficient (Wildman–Crippen LogP) is 3.10. The van der Waals surface area contributed by atoms with Gasteiger partial charge in [0.25, 0.3) is 0 Å². The maximum Gasteiger partial charge on any atom is 0.416 e. The summed E-state index contributed by atoms with van der Waals surface area (Å²) < 4.78 is 64.9. The molecule has 2 aliphatic rings. The lowest BCUT2D eigenvalue weighted by atomic mass is 9.97. The summed E-state index contributed by atoms with van der Waals surface area (Å²) in [6.07, 6.45) is -2.45. The van der Waals surface area contributed by atoms with Crippen molar-refractivity contribution < 1.29 is 21.6 Å². The molecule has 0 amide bonds. The third kappa shape index (κ3) is 3.71. The molecule has 1 N–H and O–H groups in total. The maximum atomic E-state index is 12.8. The molecule has 1 saturated heterocycles. The molecule has 0 aromatic heterocycles. The van der Waals surface area contributed by atoms with E-state index < -0.39 is 21.8 Å². The second-order valence-corrected chi connectivity index (χ2v) is 9.21. The number of hydrogen-bond donors (Lipinski definition) is 1. The van der Waals surface area contributed by atoms with Crippen LogP contribution in [0, 0.1) is 11.8 Å². The Kier molecular flexibility index (Phi) is 4.89. The van der Waals surface area contributed by atoms with Crippen molar-refractivity contribution in [2.45, 2.75) is 49.8 Å². The summed E-state index contributed by atoms with van der Waals surface area (Å²) in [7, 11) is -3.76. The number of fused-ring (bicyclic) bond motifs is 1. The molecule has 8 heteroatoms. The van der Waals surface area contributed by atoms with E-state index in [2.05, 4.69) is 19.2 Å². The number of alkyl halides is 3. The highest BCUT2D eigenvalue weighted by Crippen LogP contribution is 2.40. The molecule has 1 unspecified atom stereocenters. The summed E-state index contributed by atoms with van der Waals surface area (Å²) >= 11 is 0. The summed E-state index contributed by atoms with van der Waals surface area (Å²) in [5.41, 5.74) is -0.842. The van der Waals surface area contributed by atoms with E-state index in [0.717, 1.165) is 37.1 Å². The fourth-order valence-electron chi connectivity index (χ4n) is 4.02. The Morgan fingerprint density at radius 1 is 1.12 bits per heavy atom. The average molecular weight is 376 g/mol. The summed E-state index contributed by atoms with van der Waals surface area (Å²) in [6.45, 7) is 5.01. The Labute approximate surface area is 146 Å². The third-order valence-corrected chi connectivity index (χ3v) is 7.04. The third-order valence-electron chi connectivity index (χ3n) is 5.19. The van der Waals surface area contributed by atoms with Gasteiger partial charge < -0.3 is 5.32 Å². The van der Waals surface area contributed by atoms with Gasteiger partial charge in [0.1, 0.15) is 0 Å². The average Bonchev–Trinajstić information content (AvgIpc) is 3.09. The highest BCUT2D eigenvalue weighted by molar-refractivity contribution is 7.89. The molecule has 4 nitrogen and oxygen atoms in total. The van der Waals surface area contributed by atoms with Crippen LogP contribution >= 0.6 is 0 Å². The molecule has 1 heterocycles. The minimum absolute atomic E-state index is 0.0751. The van der Waals surface area contributed by atoms with Crippen LogP contribution < -0.4 is 5.32 Å². The standard InChI is InChI=1S/C17H23F3N2O2S/c1-11(2)21-16-8-3-12-9-22(10-15(12)16)25(23,24)14-6-4-13(5-7-14)17(18,19)20/h4-7,11-12,15-16,21H,3,8-10H2,1-2H3/t12-,15?,16+/m1/s1. The minimum atomic E-state index is -4.47. The number of nitrogens with zero attached hydrogens (tertiary/aromatic N) is 1. The van der Waals surface area contributed by atoms with Crippen molar-refractivity contribution in [2.75, 3.05) is 13.1 Å². The van der Waals surface area contributed by atoms with Crippen LogP contribution in [-0.2, 0) is 16.2 Å². The van der Waals surface area contributed by atoms with Gasteiger partial charge in [-0.25, -0.2) is 8.42 Å². The number of rotatable bonds is 4. The number of hydrogen-bond acceptors (Lipinski definition) is 3. The molecule has 140 valence electrons. The van der Waals surface area contributed by atoms with Crippen LogP contribution in [0.15, 0.2) is 29.2 Å². The van der Waals surface area contributed by atoms with Gasteiger partial charge in [0, 0.05) is 25.2 Å². The van der Waals surface area contributed by atoms with E-state index in [4.69, 9.17) is 0 Å². The SMILES string of the molecule is CC(C)N[C@H]1CC[C@@H]2CN(S(=O)(=O)c3ccc(C(F)(F)F)cc3)CC21. The van der Waals surface area contributed by atoms with Gasteiger partial charge in [0.2, 0.25) is 10.0 Å². The van der Waals surface area contributed by atoms with Gasteiger partial charge in [-0.05, 0) is 48.9 Å². The van der Waals surface area contributed by atoms with E-state index in [-0.39, 0.29) is 10.8 Å². The van der Waals surface area contributed by atoms with Gasteiger partial charge in [-0.15, -0.1) is 0 Å². The molecule has 25 heavy (non-hydrogen) atoms. The Morgan fingerprint density at radius 2 is 1.76 bits per heavy atom. The van der Waals surface area contributed by atoms with Gasteiger partial charge in [-0.2, -0.15) is 17.5 Å². The smallest absolute Gasteiger partial charge is 0.311 e. The summed E-state index contributed by atoms with van der Waals surface area (Å²) in [4.78, 5) is -0.0751. The van der Waals surface area contributed by atoms with Gasteiger partial charge >= 0.3 is 6.18 Å². The zero-order chi connectivity index (χ0) is 18.4. The zero-order valence-electron chi connectivity index (χ0n) is 14.3. The van der Waals surface area contributed by atoms with Gasteiger partial charge in [-0.1, -0.05) is 13.8 Å². The zero-order valence-corrected chi connectivity index (χ0v) is 15.1. The van der Waals surface area contributed by atoms with Crippen LogP contribution in [0.3, 0.4) is 0 Å². The van der Waals surface area contributed by atoms with Crippen molar-refractivity contribution >= 4 is 10.0 Å². The van der Waals surface area contributed by atoms with Crippen LogP contribution in [0.4, 0.5) is 13.2 Å². The van der Waals surface area contributed by atoms with E-state index >= 15 is 0 Å². The van der Waals surface area contributed by atoms with Crippen molar-refractivity contribution in [3.63, 3.8) is 0 Å². The lowest BCUT2D eigenvalue weighted by Crippen LogP contribution is -2.40. The molecule has 0 radical (unpaired) electrons. The first-order valence-corrected chi connectivity index (χ1v) is 9.96. The highest BCUT2D eigenvalue weighted by Gasteiger charge is 2.46. The number of halogens is 3. The Hall–Kier alpha value is -1.12. The van der Waals surface area contributed by atoms with Gasteiger partial charge in [0.15, 0.2) is 0 Å². The second kappa shape index (κ2) is 6.55. The normalized spacial score (nSPS) is 27.8. The van der Waals surface area contributed by atoms with Crippen molar-refractivity contribution in [3.8, 4) is 0 Å². The fourth-order valence-corrected chi connectivity index (χ4v) is 5.56. The highest BCUT2D eigenvalue weighted by atomic mass is 32.2. The topological polar surface area (TPSA) is 49.4 Å². The molecule has 0 bridgehead atoms. The Bertz CT molecular complexity index is 716. The molecular formula is C17H23F3N2O2S. The summed E-state index contributed by atoms with van der Waals surface area (Å²) in [5.74, 6) is 0.590. The molecule has 1 aliphatic carbocycles. The van der Waals surface area contributed by atoms with E-state index in [1.54, 1.807) is 0 Å². The summed E-state index contributed by atoms with van der Waals surface area (Å²) in [5, 5.41) is 3.50. The summed E-state index contributed by atoms with van der Waals surface area (Å²) in [6, 6.07) is 4.40. The van der Waals surface area contributed by atoms with Crippen LogP contribution in [0.2, 0.25) is 0 Å². The van der Waals surface area contributed by atoms with Crippen molar-refractivity contribution in [2.24, 2.45) is 11.8 Å². The first-order valence-electron chi connectivity index (χ1n) is 8.52. The van der Waals surface area contributed by atoms with Crippen LogP contribution in [0.25, 0.3) is 0 Å². The largest absolute Gasteiger partial charge is 0.416 e. The first kappa shape index (κ1) is 18.7. The number of benzene rings is 1. The first-order chi connectivity index (χ1) is 11.6. The minimum Gasteiger partial charge on any atom is -0.311 e. The molecule has 1 aliphatic heterocycles. The van der Waals surface area contributed by atoms with Gasteiger partial charge in [-0.3, -0.25) is 0 Å². The van der Waals surface area contributed by atoms with Crippen molar-refractivity contribution in [3.05, 3.63) is 29.8 Å². The molecule has 1 aromatic carbocycles. The lowest BCUT2D eigenvalue weighted by Gasteiger charge is -2.23. The van der Waals surface area contributed by atoms with E-state index in [0.29, 0.717) is 31.1 Å².